The van der Waals surface area contributed by atoms with Crippen molar-refractivity contribution in [2.75, 3.05) is 25.0 Å². The first-order chi connectivity index (χ1) is 11.5. The van der Waals surface area contributed by atoms with Gasteiger partial charge in [-0.15, -0.1) is 0 Å². The van der Waals surface area contributed by atoms with Crippen molar-refractivity contribution in [3.05, 3.63) is 35.0 Å². The van der Waals surface area contributed by atoms with Crippen LogP contribution in [0.15, 0.2) is 34.3 Å². The molecular weight excluding hydrogens is 300 g/mol. The average Bonchev–Trinajstić information content (AvgIpc) is 3.12. The number of rotatable bonds is 0. The lowest BCUT2D eigenvalue weighted by atomic mass is 9.85. The molecular formula is C19H24N4O. The fraction of sp³-hybridized carbons (Fsp3) is 0.526. The third-order valence-electron chi connectivity index (χ3n) is 5.28. The van der Waals surface area contributed by atoms with Gasteiger partial charge in [-0.1, -0.05) is 26.3 Å². The van der Waals surface area contributed by atoms with Crippen LogP contribution < -0.4 is 5.32 Å². The predicted octanol–water partition coefficient (Wildman–Crippen LogP) is 2.80. The predicted molar refractivity (Wildman–Crippen MR) is 95.1 cm³/mol. The molecule has 3 aliphatic rings. The highest BCUT2D eigenvalue weighted by molar-refractivity contribution is 6.11. The summed E-state index contributed by atoms with van der Waals surface area (Å²) in [4.78, 5) is 24.3. The Balaban J connectivity index is 1.66. The van der Waals surface area contributed by atoms with E-state index in [1.165, 1.54) is 11.1 Å². The molecule has 5 nitrogen and oxygen atoms in total. The molecule has 5 heteroatoms. The fourth-order valence-corrected chi connectivity index (χ4v) is 3.82. The summed E-state index contributed by atoms with van der Waals surface area (Å²) in [5.74, 6) is 2.01. The fourth-order valence-electron chi connectivity index (χ4n) is 3.82. The SMILES string of the molecule is CC1(C)CCCCc2cccc(n2)NC2=NCC3=C2CN(C3)C1=O. The molecule has 3 aliphatic heterocycles. The summed E-state index contributed by atoms with van der Waals surface area (Å²) in [6.07, 6.45) is 3.98. The molecule has 4 heterocycles. The third kappa shape index (κ3) is 2.72. The number of nitrogens with zero attached hydrogens (tertiary/aromatic N) is 3. The molecule has 0 aliphatic carbocycles. The summed E-state index contributed by atoms with van der Waals surface area (Å²) in [6.45, 7) is 6.25. The van der Waals surface area contributed by atoms with Crippen LogP contribution in [0.1, 0.15) is 38.8 Å². The van der Waals surface area contributed by atoms with Crippen molar-refractivity contribution in [2.45, 2.75) is 39.5 Å². The standard InChI is InChI=1S/C19H24N4O/c1-19(2)9-4-3-6-14-7-5-8-16(21-14)22-17-15-12-23(18(19)24)11-13(15)10-20-17/h5,7-8H,3-4,6,9-12H2,1-2H3,(H,20,21,22). The van der Waals surface area contributed by atoms with Gasteiger partial charge in [-0.05, 0) is 37.0 Å². The Kier molecular flexibility index (Phi) is 3.66. The molecule has 0 saturated carbocycles. The first kappa shape index (κ1) is 15.4. The van der Waals surface area contributed by atoms with Gasteiger partial charge in [0, 0.05) is 29.8 Å². The minimum atomic E-state index is -0.302. The van der Waals surface area contributed by atoms with E-state index in [-0.39, 0.29) is 11.3 Å². The first-order valence-corrected chi connectivity index (χ1v) is 8.81. The number of amidine groups is 1. The molecule has 1 N–H and O–H groups in total. The minimum absolute atomic E-state index is 0.268. The Morgan fingerprint density at radius 2 is 2.08 bits per heavy atom. The van der Waals surface area contributed by atoms with Crippen LogP contribution in [0.3, 0.4) is 0 Å². The Morgan fingerprint density at radius 1 is 1.21 bits per heavy atom. The van der Waals surface area contributed by atoms with Crippen LogP contribution in [0.2, 0.25) is 0 Å². The largest absolute Gasteiger partial charge is 0.334 e. The summed E-state index contributed by atoms with van der Waals surface area (Å²) < 4.78 is 0. The normalized spacial score (nSPS) is 23.0. The molecule has 1 amide bonds. The number of pyridine rings is 1. The van der Waals surface area contributed by atoms with E-state index in [1.54, 1.807) is 0 Å². The molecule has 0 spiro atoms. The van der Waals surface area contributed by atoms with Crippen LogP contribution in [0, 0.1) is 5.41 Å². The second kappa shape index (κ2) is 5.72. The maximum Gasteiger partial charge on any atom is 0.228 e. The van der Waals surface area contributed by atoms with Crippen molar-refractivity contribution in [1.82, 2.24) is 9.88 Å². The number of anilines is 1. The lowest BCUT2D eigenvalue weighted by Gasteiger charge is -2.30. The Bertz CT molecular complexity index is 747. The summed E-state index contributed by atoms with van der Waals surface area (Å²) >= 11 is 0. The van der Waals surface area contributed by atoms with Gasteiger partial charge in [-0.3, -0.25) is 9.79 Å². The van der Waals surface area contributed by atoms with Crippen LogP contribution in [-0.4, -0.2) is 41.3 Å². The van der Waals surface area contributed by atoms with Gasteiger partial charge in [-0.25, -0.2) is 4.98 Å². The van der Waals surface area contributed by atoms with Gasteiger partial charge in [-0.2, -0.15) is 0 Å². The van der Waals surface area contributed by atoms with E-state index >= 15 is 0 Å². The Hall–Kier alpha value is -2.17. The monoisotopic (exact) mass is 324 g/mol. The van der Waals surface area contributed by atoms with E-state index < -0.39 is 0 Å². The van der Waals surface area contributed by atoms with Gasteiger partial charge in [0.25, 0.3) is 0 Å². The maximum atomic E-state index is 13.0. The lowest BCUT2D eigenvalue weighted by molar-refractivity contribution is -0.139. The number of aryl methyl sites for hydroxylation is 1. The number of fused-ring (bicyclic) bond motifs is 3. The highest BCUT2D eigenvalue weighted by Crippen LogP contribution is 2.32. The highest BCUT2D eigenvalue weighted by atomic mass is 16.2. The van der Waals surface area contributed by atoms with E-state index in [4.69, 9.17) is 4.98 Å². The van der Waals surface area contributed by atoms with Crippen molar-refractivity contribution in [1.29, 1.82) is 0 Å². The molecule has 1 aromatic rings. The van der Waals surface area contributed by atoms with E-state index in [0.29, 0.717) is 13.1 Å². The molecule has 0 unspecified atom stereocenters. The lowest BCUT2D eigenvalue weighted by Crippen LogP contribution is -2.41. The number of nitrogens with one attached hydrogen (secondary N) is 1. The summed E-state index contributed by atoms with van der Waals surface area (Å²) in [5, 5.41) is 3.37. The van der Waals surface area contributed by atoms with E-state index in [9.17, 15) is 4.79 Å². The van der Waals surface area contributed by atoms with E-state index in [0.717, 1.165) is 49.6 Å². The zero-order valence-electron chi connectivity index (χ0n) is 14.4. The van der Waals surface area contributed by atoms with Crippen LogP contribution in [-0.2, 0) is 11.2 Å². The maximum absolute atomic E-state index is 13.0. The summed E-state index contributed by atoms with van der Waals surface area (Å²) in [7, 11) is 0. The minimum Gasteiger partial charge on any atom is -0.334 e. The molecule has 0 aromatic carbocycles. The number of carbonyl (C=O) groups excluding carboxylic acids is 1. The topological polar surface area (TPSA) is 57.6 Å². The third-order valence-corrected chi connectivity index (χ3v) is 5.28. The Morgan fingerprint density at radius 3 is 2.96 bits per heavy atom. The van der Waals surface area contributed by atoms with Gasteiger partial charge >= 0.3 is 0 Å². The average molecular weight is 324 g/mol. The van der Waals surface area contributed by atoms with Gasteiger partial charge in [0.05, 0.1) is 6.54 Å². The quantitative estimate of drug-likeness (QED) is 0.798. The second-order valence-corrected chi connectivity index (χ2v) is 7.64. The van der Waals surface area contributed by atoms with E-state index in [2.05, 4.69) is 36.3 Å². The smallest absolute Gasteiger partial charge is 0.228 e. The molecule has 4 rings (SSSR count). The molecule has 0 saturated heterocycles. The van der Waals surface area contributed by atoms with Gasteiger partial charge in [0.15, 0.2) is 0 Å². The Labute approximate surface area is 142 Å². The number of aromatic nitrogens is 1. The second-order valence-electron chi connectivity index (χ2n) is 7.64. The van der Waals surface area contributed by atoms with E-state index in [1.807, 2.05) is 11.0 Å². The molecule has 0 atom stereocenters. The van der Waals surface area contributed by atoms with Crippen LogP contribution >= 0.6 is 0 Å². The molecule has 4 bridgehead atoms. The van der Waals surface area contributed by atoms with Crippen molar-refractivity contribution in [3.63, 3.8) is 0 Å². The summed E-state index contributed by atoms with van der Waals surface area (Å²) in [5.41, 5.74) is 3.25. The molecule has 1 aromatic heterocycles. The number of amides is 1. The summed E-state index contributed by atoms with van der Waals surface area (Å²) in [6, 6.07) is 6.11. The van der Waals surface area contributed by atoms with Gasteiger partial charge < -0.3 is 10.2 Å². The zero-order valence-corrected chi connectivity index (χ0v) is 14.4. The zero-order chi connectivity index (χ0) is 16.7. The van der Waals surface area contributed by atoms with Crippen molar-refractivity contribution in [2.24, 2.45) is 10.4 Å². The number of carbonyl (C=O) groups is 1. The van der Waals surface area contributed by atoms with Gasteiger partial charge in [0.2, 0.25) is 5.91 Å². The van der Waals surface area contributed by atoms with Crippen LogP contribution in [0.25, 0.3) is 0 Å². The van der Waals surface area contributed by atoms with Crippen molar-refractivity contribution >= 4 is 17.6 Å². The molecule has 126 valence electrons. The van der Waals surface area contributed by atoms with Crippen LogP contribution in [0.4, 0.5) is 5.82 Å². The molecule has 0 radical (unpaired) electrons. The van der Waals surface area contributed by atoms with Crippen LogP contribution in [0.5, 0.6) is 0 Å². The number of hydrogen-bond acceptors (Lipinski definition) is 4. The van der Waals surface area contributed by atoms with Crippen molar-refractivity contribution in [3.8, 4) is 0 Å². The molecule has 0 fully saturated rings. The number of hydrogen-bond donors (Lipinski definition) is 1. The highest BCUT2D eigenvalue weighted by Gasteiger charge is 2.37. The first-order valence-electron chi connectivity index (χ1n) is 8.81. The molecule has 24 heavy (non-hydrogen) atoms. The van der Waals surface area contributed by atoms with Gasteiger partial charge in [0.1, 0.15) is 11.7 Å². The van der Waals surface area contributed by atoms with Crippen molar-refractivity contribution < 1.29 is 4.79 Å². The number of aliphatic imine (C=N–C) groups is 1.